The Balaban J connectivity index is 1.95. The van der Waals surface area contributed by atoms with Crippen LogP contribution < -0.4 is 5.32 Å². The molecule has 2 aromatic rings. The molecule has 6 nitrogen and oxygen atoms in total. The lowest BCUT2D eigenvalue weighted by Gasteiger charge is -2.02. The highest BCUT2D eigenvalue weighted by molar-refractivity contribution is 5.89. The van der Waals surface area contributed by atoms with Crippen molar-refractivity contribution in [2.45, 2.75) is 6.42 Å². The van der Waals surface area contributed by atoms with Crippen molar-refractivity contribution in [2.75, 3.05) is 13.7 Å². The fourth-order valence-electron chi connectivity index (χ4n) is 1.59. The summed E-state index contributed by atoms with van der Waals surface area (Å²) in [6.45, 7) is 0.0506. The van der Waals surface area contributed by atoms with Crippen molar-refractivity contribution in [1.29, 1.82) is 0 Å². The van der Waals surface area contributed by atoms with Crippen molar-refractivity contribution in [2.24, 2.45) is 0 Å². The number of benzene rings is 1. The number of para-hydroxylation sites is 1. The molecule has 0 atom stereocenters. The lowest BCUT2D eigenvalue weighted by atomic mass is 10.3. The molecule has 1 amide bonds. The van der Waals surface area contributed by atoms with Gasteiger partial charge in [-0.2, -0.15) is 5.10 Å². The van der Waals surface area contributed by atoms with Crippen LogP contribution in [0.5, 0.6) is 0 Å². The molecule has 0 aliphatic rings. The van der Waals surface area contributed by atoms with Gasteiger partial charge in [-0.25, -0.2) is 9.48 Å². The van der Waals surface area contributed by atoms with Crippen LogP contribution in [0, 0.1) is 0 Å². The van der Waals surface area contributed by atoms with Gasteiger partial charge in [-0.3, -0.25) is 4.79 Å². The van der Waals surface area contributed by atoms with Gasteiger partial charge in [0.05, 0.1) is 23.9 Å². The van der Waals surface area contributed by atoms with Crippen LogP contribution in [0.3, 0.4) is 0 Å². The number of carbonyl (C=O) groups excluding carboxylic acids is 2. The number of nitrogens with one attached hydrogen (secondary N) is 1. The van der Waals surface area contributed by atoms with E-state index in [9.17, 15) is 9.59 Å². The fourth-order valence-corrected chi connectivity index (χ4v) is 1.59. The molecule has 104 valence electrons. The first kappa shape index (κ1) is 13.8. The van der Waals surface area contributed by atoms with E-state index in [0.29, 0.717) is 5.56 Å². The van der Waals surface area contributed by atoms with Crippen LogP contribution in [0.1, 0.15) is 16.8 Å². The second kappa shape index (κ2) is 6.51. The number of rotatable bonds is 5. The Kier molecular flexibility index (Phi) is 4.49. The normalized spacial score (nSPS) is 10.1. The number of aromatic nitrogens is 2. The molecule has 0 radical (unpaired) electrons. The van der Waals surface area contributed by atoms with Gasteiger partial charge in [0.15, 0.2) is 0 Å². The molecule has 0 fully saturated rings. The molecule has 0 bridgehead atoms. The van der Waals surface area contributed by atoms with Crippen molar-refractivity contribution >= 4 is 11.9 Å². The van der Waals surface area contributed by atoms with Crippen molar-refractivity contribution < 1.29 is 14.3 Å². The highest BCUT2D eigenvalue weighted by Gasteiger charge is 2.11. The molecule has 0 unspecified atom stereocenters. The average molecular weight is 273 g/mol. The third-order valence-electron chi connectivity index (χ3n) is 2.68. The minimum atomic E-state index is -0.490. The molecule has 0 spiro atoms. The summed E-state index contributed by atoms with van der Waals surface area (Å²) in [6, 6.07) is 9.44. The second-order valence-electron chi connectivity index (χ2n) is 4.07. The zero-order valence-corrected chi connectivity index (χ0v) is 11.1. The first-order chi connectivity index (χ1) is 9.70. The van der Waals surface area contributed by atoms with Gasteiger partial charge in [-0.05, 0) is 12.1 Å². The SMILES string of the molecule is CNC(=O)CCOC(=O)c1cnn(-c2ccccc2)c1. The monoisotopic (exact) mass is 273 g/mol. The number of esters is 1. The maximum Gasteiger partial charge on any atom is 0.341 e. The van der Waals surface area contributed by atoms with Crippen molar-refractivity contribution in [1.82, 2.24) is 15.1 Å². The topological polar surface area (TPSA) is 73.2 Å². The minimum absolute atomic E-state index is 0.0506. The van der Waals surface area contributed by atoms with Gasteiger partial charge in [0, 0.05) is 13.2 Å². The highest BCUT2D eigenvalue weighted by Crippen LogP contribution is 2.08. The second-order valence-corrected chi connectivity index (χ2v) is 4.07. The van der Waals surface area contributed by atoms with Crippen LogP contribution in [-0.4, -0.2) is 35.3 Å². The Morgan fingerprint density at radius 2 is 2.05 bits per heavy atom. The maximum absolute atomic E-state index is 11.8. The van der Waals surface area contributed by atoms with Gasteiger partial charge in [-0.1, -0.05) is 18.2 Å². The predicted octanol–water partition coefficient (Wildman–Crippen LogP) is 1.17. The van der Waals surface area contributed by atoms with E-state index < -0.39 is 5.97 Å². The molecule has 0 saturated heterocycles. The van der Waals surface area contributed by atoms with Gasteiger partial charge in [0.25, 0.3) is 0 Å². The summed E-state index contributed by atoms with van der Waals surface area (Å²) in [5.41, 5.74) is 1.21. The lowest BCUT2D eigenvalue weighted by Crippen LogP contribution is -2.20. The van der Waals surface area contributed by atoms with Crippen molar-refractivity contribution in [3.05, 3.63) is 48.3 Å². The van der Waals surface area contributed by atoms with Crippen LogP contribution in [0.15, 0.2) is 42.7 Å². The smallest absolute Gasteiger partial charge is 0.341 e. The molecular weight excluding hydrogens is 258 g/mol. The average Bonchev–Trinajstić information content (AvgIpc) is 2.97. The van der Waals surface area contributed by atoms with E-state index >= 15 is 0 Å². The summed E-state index contributed by atoms with van der Waals surface area (Å²) in [6.07, 6.45) is 3.18. The van der Waals surface area contributed by atoms with Crippen LogP contribution >= 0.6 is 0 Å². The van der Waals surface area contributed by atoms with Crippen LogP contribution in [0.2, 0.25) is 0 Å². The number of hydrogen-bond donors (Lipinski definition) is 1. The summed E-state index contributed by atoms with van der Waals surface area (Å²) < 4.78 is 6.59. The van der Waals surface area contributed by atoms with Crippen LogP contribution in [0.4, 0.5) is 0 Å². The summed E-state index contributed by atoms with van der Waals surface area (Å²) in [7, 11) is 1.54. The van der Waals surface area contributed by atoms with E-state index in [1.807, 2.05) is 30.3 Å². The number of ether oxygens (including phenoxy) is 1. The van der Waals surface area contributed by atoms with E-state index in [-0.39, 0.29) is 18.9 Å². The Bertz CT molecular complexity index is 593. The summed E-state index contributed by atoms with van der Waals surface area (Å²) in [5, 5.41) is 6.56. The third-order valence-corrected chi connectivity index (χ3v) is 2.68. The van der Waals surface area contributed by atoms with E-state index in [0.717, 1.165) is 5.69 Å². The quantitative estimate of drug-likeness (QED) is 0.830. The Hall–Kier alpha value is -2.63. The lowest BCUT2D eigenvalue weighted by molar-refractivity contribution is -0.121. The number of amides is 1. The molecular formula is C14H15N3O3. The number of carbonyl (C=O) groups is 2. The first-order valence-electron chi connectivity index (χ1n) is 6.18. The standard InChI is InChI=1S/C14H15N3O3/c1-15-13(18)7-8-20-14(19)11-9-16-17(10-11)12-5-3-2-4-6-12/h2-6,9-10H,7-8H2,1H3,(H,15,18). The summed E-state index contributed by atoms with van der Waals surface area (Å²) in [5.74, 6) is -0.658. The van der Waals surface area contributed by atoms with Crippen molar-refractivity contribution in [3.8, 4) is 5.69 Å². The minimum Gasteiger partial charge on any atom is -0.461 e. The molecule has 20 heavy (non-hydrogen) atoms. The van der Waals surface area contributed by atoms with Crippen LogP contribution in [-0.2, 0) is 9.53 Å². The number of nitrogens with zero attached hydrogens (tertiary/aromatic N) is 2. The Labute approximate surface area is 116 Å². The predicted molar refractivity (Wildman–Crippen MR) is 72.5 cm³/mol. The van der Waals surface area contributed by atoms with Gasteiger partial charge in [0.1, 0.15) is 6.61 Å². The van der Waals surface area contributed by atoms with E-state index in [1.54, 1.807) is 10.9 Å². The summed E-state index contributed by atoms with van der Waals surface area (Å²) >= 11 is 0. The van der Waals surface area contributed by atoms with E-state index in [4.69, 9.17) is 4.74 Å². The van der Waals surface area contributed by atoms with E-state index in [2.05, 4.69) is 10.4 Å². The maximum atomic E-state index is 11.8. The largest absolute Gasteiger partial charge is 0.461 e. The molecule has 1 aromatic heterocycles. The molecule has 0 aliphatic heterocycles. The zero-order valence-electron chi connectivity index (χ0n) is 11.1. The molecule has 1 heterocycles. The van der Waals surface area contributed by atoms with E-state index in [1.165, 1.54) is 13.2 Å². The molecule has 2 rings (SSSR count). The summed E-state index contributed by atoms with van der Waals surface area (Å²) in [4.78, 5) is 22.8. The zero-order chi connectivity index (χ0) is 14.4. The number of hydrogen-bond acceptors (Lipinski definition) is 4. The highest BCUT2D eigenvalue weighted by atomic mass is 16.5. The Morgan fingerprint density at radius 3 is 2.75 bits per heavy atom. The van der Waals surface area contributed by atoms with Gasteiger partial charge in [0.2, 0.25) is 5.91 Å². The Morgan fingerprint density at radius 1 is 1.30 bits per heavy atom. The molecule has 1 aromatic carbocycles. The molecule has 0 aliphatic carbocycles. The fraction of sp³-hybridized carbons (Fsp3) is 0.214. The van der Waals surface area contributed by atoms with Crippen LogP contribution in [0.25, 0.3) is 5.69 Å². The molecule has 6 heteroatoms. The third kappa shape index (κ3) is 3.44. The van der Waals surface area contributed by atoms with Gasteiger partial charge < -0.3 is 10.1 Å². The van der Waals surface area contributed by atoms with Gasteiger partial charge in [-0.15, -0.1) is 0 Å². The first-order valence-corrected chi connectivity index (χ1v) is 6.18. The van der Waals surface area contributed by atoms with Crippen molar-refractivity contribution in [3.63, 3.8) is 0 Å². The molecule has 1 N–H and O–H groups in total. The van der Waals surface area contributed by atoms with Gasteiger partial charge >= 0.3 is 5.97 Å². The molecule has 0 saturated carbocycles.